The summed E-state index contributed by atoms with van der Waals surface area (Å²) in [6.07, 6.45) is 0. The van der Waals surface area contributed by atoms with Gasteiger partial charge >= 0.3 is 0 Å². The van der Waals surface area contributed by atoms with E-state index in [1.54, 1.807) is 0 Å². The van der Waals surface area contributed by atoms with Crippen LogP contribution in [-0.2, 0) is 6.54 Å². The molecule has 0 bridgehead atoms. The molecule has 0 atom stereocenters. The maximum Gasteiger partial charge on any atom is 0.148 e. The van der Waals surface area contributed by atoms with Gasteiger partial charge in [-0.15, -0.1) is 0 Å². The van der Waals surface area contributed by atoms with Crippen LogP contribution in [0.1, 0.15) is 24.1 Å². The highest BCUT2D eigenvalue weighted by Gasteiger charge is 2.10. The van der Waals surface area contributed by atoms with E-state index < -0.39 is 0 Å². The minimum Gasteiger partial charge on any atom is -0.313 e. The predicted octanol–water partition coefficient (Wildman–Crippen LogP) is 2.76. The fourth-order valence-corrected chi connectivity index (χ4v) is 2.24. The number of nitrogens with one attached hydrogen (secondary N) is 1. The molecule has 1 N–H and O–H groups in total. The molecule has 5 heteroatoms. The lowest BCUT2D eigenvalue weighted by Crippen LogP contribution is -2.14. The van der Waals surface area contributed by atoms with Crippen LogP contribution in [0.3, 0.4) is 0 Å². The molecule has 4 nitrogen and oxygen atoms in total. The quantitative estimate of drug-likeness (QED) is 0.944. The van der Waals surface area contributed by atoms with Gasteiger partial charge < -0.3 is 5.32 Å². The average molecular weight is 309 g/mol. The zero-order valence-electron chi connectivity index (χ0n) is 10.9. The van der Waals surface area contributed by atoms with Crippen molar-refractivity contribution in [3.05, 3.63) is 39.9 Å². The zero-order valence-corrected chi connectivity index (χ0v) is 12.5. The van der Waals surface area contributed by atoms with E-state index in [2.05, 4.69) is 56.5 Å². The topological polar surface area (TPSA) is 42.7 Å². The number of rotatable bonds is 4. The Hall–Kier alpha value is -1.20. The number of benzene rings is 1. The molecule has 0 spiro atoms. The summed E-state index contributed by atoms with van der Waals surface area (Å²) in [6, 6.07) is 6.24. The molecule has 0 saturated carbocycles. The fourth-order valence-electron chi connectivity index (χ4n) is 1.89. The third-order valence-corrected chi connectivity index (χ3v) is 3.21. The van der Waals surface area contributed by atoms with Gasteiger partial charge in [0.25, 0.3) is 0 Å². The molecule has 96 valence electrons. The fraction of sp³-hybridized carbons (Fsp3) is 0.385. The van der Waals surface area contributed by atoms with Gasteiger partial charge in [0.05, 0.1) is 5.69 Å². The third kappa shape index (κ3) is 2.79. The Morgan fingerprint density at radius 3 is 2.72 bits per heavy atom. The molecule has 0 aliphatic heterocycles. The molecule has 0 fully saturated rings. The number of hydrogen-bond acceptors (Lipinski definition) is 3. The second-order valence-electron chi connectivity index (χ2n) is 4.17. The Labute approximate surface area is 116 Å². The third-order valence-electron chi connectivity index (χ3n) is 2.72. The molecule has 1 aromatic carbocycles. The highest BCUT2D eigenvalue weighted by Crippen LogP contribution is 2.21. The Bertz CT molecular complexity index is 548. The van der Waals surface area contributed by atoms with Gasteiger partial charge in [0.15, 0.2) is 0 Å². The summed E-state index contributed by atoms with van der Waals surface area (Å²) < 4.78 is 2.94. The Morgan fingerprint density at radius 2 is 2.11 bits per heavy atom. The second kappa shape index (κ2) is 5.63. The van der Waals surface area contributed by atoms with Gasteiger partial charge in [-0.3, -0.25) is 0 Å². The van der Waals surface area contributed by atoms with E-state index in [1.807, 2.05) is 18.5 Å². The van der Waals surface area contributed by atoms with Crippen LogP contribution in [0, 0.1) is 13.8 Å². The molecule has 0 aliphatic rings. The number of aryl methyl sites for hydroxylation is 2. The molecular formula is C13H17BrN4. The van der Waals surface area contributed by atoms with E-state index in [1.165, 1.54) is 5.56 Å². The summed E-state index contributed by atoms with van der Waals surface area (Å²) in [6.45, 7) is 7.76. The zero-order chi connectivity index (χ0) is 13.1. The van der Waals surface area contributed by atoms with Crippen LogP contribution in [0.5, 0.6) is 0 Å². The minimum absolute atomic E-state index is 0.793. The first-order valence-corrected chi connectivity index (χ1v) is 6.81. The van der Waals surface area contributed by atoms with Crippen molar-refractivity contribution in [2.24, 2.45) is 0 Å². The van der Waals surface area contributed by atoms with Gasteiger partial charge in [-0.1, -0.05) is 28.9 Å². The normalized spacial score (nSPS) is 10.9. The van der Waals surface area contributed by atoms with Gasteiger partial charge in [-0.05, 0) is 38.1 Å². The molecular weight excluding hydrogens is 292 g/mol. The Kier molecular flexibility index (Phi) is 4.14. The van der Waals surface area contributed by atoms with Crippen molar-refractivity contribution < 1.29 is 0 Å². The lowest BCUT2D eigenvalue weighted by atomic mass is 10.1. The average Bonchev–Trinajstić information content (AvgIpc) is 2.67. The van der Waals surface area contributed by atoms with E-state index >= 15 is 0 Å². The van der Waals surface area contributed by atoms with E-state index in [-0.39, 0.29) is 0 Å². The number of halogens is 1. The molecule has 0 unspecified atom stereocenters. The first kappa shape index (κ1) is 13.2. The van der Waals surface area contributed by atoms with E-state index in [9.17, 15) is 0 Å². The standard InChI is InChI=1S/C13H17BrN4/c1-4-15-8-11-5-6-12(14)7-13(11)18-10(3)16-9(2)17-18/h5-7,15H,4,8H2,1-3H3. The SMILES string of the molecule is CCNCc1ccc(Br)cc1-n1nc(C)nc1C. The molecule has 18 heavy (non-hydrogen) atoms. The largest absolute Gasteiger partial charge is 0.313 e. The van der Waals surface area contributed by atoms with Gasteiger partial charge in [-0.25, -0.2) is 9.67 Å². The first-order valence-electron chi connectivity index (χ1n) is 6.01. The predicted molar refractivity (Wildman–Crippen MR) is 75.9 cm³/mol. The van der Waals surface area contributed by atoms with Gasteiger partial charge in [0.1, 0.15) is 11.6 Å². The lowest BCUT2D eigenvalue weighted by Gasteiger charge is -2.11. The second-order valence-corrected chi connectivity index (χ2v) is 5.09. The maximum absolute atomic E-state index is 4.45. The maximum atomic E-state index is 4.45. The minimum atomic E-state index is 0.793. The molecule has 0 amide bonds. The molecule has 1 aromatic heterocycles. The summed E-state index contributed by atoms with van der Waals surface area (Å²) in [7, 11) is 0. The summed E-state index contributed by atoms with van der Waals surface area (Å²) in [4.78, 5) is 4.35. The molecule has 2 rings (SSSR count). The van der Waals surface area contributed by atoms with Crippen molar-refractivity contribution >= 4 is 15.9 Å². The van der Waals surface area contributed by atoms with Crippen LogP contribution in [0.4, 0.5) is 0 Å². The highest BCUT2D eigenvalue weighted by atomic mass is 79.9. The van der Waals surface area contributed by atoms with Crippen LogP contribution in [0.25, 0.3) is 5.69 Å². The van der Waals surface area contributed by atoms with E-state index in [0.717, 1.165) is 34.9 Å². The summed E-state index contributed by atoms with van der Waals surface area (Å²) in [5.41, 5.74) is 2.29. The lowest BCUT2D eigenvalue weighted by molar-refractivity contribution is 0.713. The van der Waals surface area contributed by atoms with Crippen LogP contribution in [0.15, 0.2) is 22.7 Å². The number of aromatic nitrogens is 3. The van der Waals surface area contributed by atoms with E-state index in [0.29, 0.717) is 0 Å². The smallest absolute Gasteiger partial charge is 0.148 e. The van der Waals surface area contributed by atoms with Crippen LogP contribution in [-0.4, -0.2) is 21.3 Å². The number of hydrogen-bond donors (Lipinski definition) is 1. The first-order chi connectivity index (χ1) is 8.61. The van der Waals surface area contributed by atoms with Crippen LogP contribution >= 0.6 is 15.9 Å². The summed E-state index contributed by atoms with van der Waals surface area (Å²) in [5.74, 6) is 1.70. The van der Waals surface area contributed by atoms with Crippen LogP contribution in [0.2, 0.25) is 0 Å². The van der Waals surface area contributed by atoms with Crippen molar-refractivity contribution in [3.8, 4) is 5.69 Å². The molecule has 2 aromatic rings. The van der Waals surface area contributed by atoms with Crippen molar-refractivity contribution in [1.82, 2.24) is 20.1 Å². The van der Waals surface area contributed by atoms with Crippen LogP contribution < -0.4 is 5.32 Å². The van der Waals surface area contributed by atoms with E-state index in [4.69, 9.17) is 0 Å². The Balaban J connectivity index is 2.47. The van der Waals surface area contributed by atoms with Crippen molar-refractivity contribution in [3.63, 3.8) is 0 Å². The molecule has 1 heterocycles. The van der Waals surface area contributed by atoms with Crippen molar-refractivity contribution in [2.45, 2.75) is 27.3 Å². The van der Waals surface area contributed by atoms with Crippen molar-refractivity contribution in [2.75, 3.05) is 6.54 Å². The monoisotopic (exact) mass is 308 g/mol. The molecule has 0 saturated heterocycles. The molecule has 0 radical (unpaired) electrons. The number of nitrogens with zero attached hydrogens (tertiary/aromatic N) is 3. The van der Waals surface area contributed by atoms with Gasteiger partial charge in [-0.2, -0.15) is 5.10 Å². The molecule has 0 aliphatic carbocycles. The van der Waals surface area contributed by atoms with Gasteiger partial charge in [0, 0.05) is 11.0 Å². The Morgan fingerprint density at radius 1 is 1.33 bits per heavy atom. The van der Waals surface area contributed by atoms with Gasteiger partial charge in [0.2, 0.25) is 0 Å². The summed E-state index contributed by atoms with van der Waals surface area (Å²) >= 11 is 3.51. The highest BCUT2D eigenvalue weighted by molar-refractivity contribution is 9.10. The van der Waals surface area contributed by atoms with Crippen molar-refractivity contribution in [1.29, 1.82) is 0 Å². The summed E-state index contributed by atoms with van der Waals surface area (Å²) in [5, 5.41) is 7.79.